The topological polar surface area (TPSA) is 39.7 Å². The van der Waals surface area contributed by atoms with E-state index in [9.17, 15) is 4.39 Å². The third-order valence-electron chi connectivity index (χ3n) is 3.06. The van der Waals surface area contributed by atoms with Gasteiger partial charge in [0.2, 0.25) is 0 Å². The Hall–Kier alpha value is -1.62. The van der Waals surface area contributed by atoms with Crippen LogP contribution in [0.1, 0.15) is 24.5 Å². The second kappa shape index (κ2) is 9.34. The maximum absolute atomic E-state index is 13.2. The predicted molar refractivity (Wildman–Crippen MR) is 87.1 cm³/mol. The molecule has 0 atom stereocenters. The lowest BCUT2D eigenvalue weighted by atomic mass is 10.1. The number of aliphatic imine (C=N–C) groups is 1. The van der Waals surface area contributed by atoms with Crippen LogP contribution in [0.4, 0.5) is 4.39 Å². The Balaban J connectivity index is 2.52. The van der Waals surface area contributed by atoms with Crippen molar-refractivity contribution in [3.63, 3.8) is 0 Å². The van der Waals surface area contributed by atoms with Gasteiger partial charge < -0.3 is 15.5 Å². The summed E-state index contributed by atoms with van der Waals surface area (Å²) in [7, 11) is 4.13. The Morgan fingerprint density at radius 3 is 2.67 bits per heavy atom. The zero-order valence-electron chi connectivity index (χ0n) is 13.5. The average molecular weight is 294 g/mol. The van der Waals surface area contributed by atoms with Gasteiger partial charge in [0, 0.05) is 13.1 Å². The standard InChI is InChI=1S/C16H27FN4/c1-5-18-16(19-9-6-10-21(3)4)20-12-14-7-8-15(17)13(2)11-14/h7-8,11H,5-6,9-10,12H2,1-4H3,(H2,18,19,20). The summed E-state index contributed by atoms with van der Waals surface area (Å²) < 4.78 is 13.2. The van der Waals surface area contributed by atoms with Gasteiger partial charge in [-0.1, -0.05) is 12.1 Å². The third-order valence-corrected chi connectivity index (χ3v) is 3.06. The van der Waals surface area contributed by atoms with Gasteiger partial charge in [0.25, 0.3) is 0 Å². The second-order valence-electron chi connectivity index (χ2n) is 5.36. The molecule has 0 fully saturated rings. The van der Waals surface area contributed by atoms with Crippen molar-refractivity contribution >= 4 is 5.96 Å². The minimum Gasteiger partial charge on any atom is -0.357 e. The molecule has 21 heavy (non-hydrogen) atoms. The summed E-state index contributed by atoms with van der Waals surface area (Å²) in [6.45, 7) is 7.11. The van der Waals surface area contributed by atoms with Crippen LogP contribution in [0.25, 0.3) is 0 Å². The molecule has 1 aromatic carbocycles. The average Bonchev–Trinajstić information content (AvgIpc) is 2.44. The van der Waals surface area contributed by atoms with Crippen LogP contribution < -0.4 is 10.6 Å². The van der Waals surface area contributed by atoms with E-state index in [1.54, 1.807) is 13.0 Å². The highest BCUT2D eigenvalue weighted by Gasteiger charge is 2.00. The molecule has 4 nitrogen and oxygen atoms in total. The molecule has 0 bridgehead atoms. The van der Waals surface area contributed by atoms with E-state index < -0.39 is 0 Å². The molecule has 0 aliphatic carbocycles. The number of rotatable bonds is 7. The summed E-state index contributed by atoms with van der Waals surface area (Å²) in [5.74, 6) is 0.634. The van der Waals surface area contributed by atoms with Crippen LogP contribution in [-0.4, -0.2) is 44.6 Å². The second-order valence-corrected chi connectivity index (χ2v) is 5.36. The van der Waals surface area contributed by atoms with E-state index in [0.717, 1.165) is 37.6 Å². The van der Waals surface area contributed by atoms with Crippen LogP contribution in [0, 0.1) is 12.7 Å². The van der Waals surface area contributed by atoms with Gasteiger partial charge in [-0.3, -0.25) is 0 Å². The summed E-state index contributed by atoms with van der Waals surface area (Å²) in [6.07, 6.45) is 1.06. The maximum atomic E-state index is 13.2. The summed E-state index contributed by atoms with van der Waals surface area (Å²) in [6, 6.07) is 5.12. The fraction of sp³-hybridized carbons (Fsp3) is 0.562. The van der Waals surface area contributed by atoms with Crippen molar-refractivity contribution in [2.24, 2.45) is 4.99 Å². The van der Waals surface area contributed by atoms with Crippen LogP contribution in [0.2, 0.25) is 0 Å². The lowest BCUT2D eigenvalue weighted by Gasteiger charge is -2.13. The maximum Gasteiger partial charge on any atom is 0.191 e. The van der Waals surface area contributed by atoms with Crippen molar-refractivity contribution in [1.29, 1.82) is 0 Å². The molecule has 0 aromatic heterocycles. The SMILES string of the molecule is CCNC(=NCc1ccc(F)c(C)c1)NCCCN(C)C. The van der Waals surface area contributed by atoms with Gasteiger partial charge in [-0.2, -0.15) is 0 Å². The summed E-state index contributed by atoms with van der Waals surface area (Å²) >= 11 is 0. The number of halogens is 1. The van der Waals surface area contributed by atoms with Crippen LogP contribution in [-0.2, 0) is 6.54 Å². The van der Waals surface area contributed by atoms with Crippen molar-refractivity contribution in [1.82, 2.24) is 15.5 Å². The number of nitrogens with one attached hydrogen (secondary N) is 2. The van der Waals surface area contributed by atoms with Crippen LogP contribution >= 0.6 is 0 Å². The molecule has 0 saturated carbocycles. The normalized spacial score (nSPS) is 11.8. The van der Waals surface area contributed by atoms with Gasteiger partial charge >= 0.3 is 0 Å². The van der Waals surface area contributed by atoms with E-state index in [1.165, 1.54) is 6.07 Å². The van der Waals surface area contributed by atoms with Crippen molar-refractivity contribution in [3.05, 3.63) is 35.1 Å². The van der Waals surface area contributed by atoms with Gasteiger partial charge in [0.05, 0.1) is 6.54 Å². The highest BCUT2D eigenvalue weighted by Crippen LogP contribution is 2.09. The molecule has 1 aromatic rings. The molecular formula is C16H27FN4. The fourth-order valence-electron chi connectivity index (χ4n) is 1.92. The Morgan fingerprint density at radius 2 is 2.05 bits per heavy atom. The minimum atomic E-state index is -0.170. The Kier molecular flexibility index (Phi) is 7.75. The molecule has 0 spiro atoms. The predicted octanol–water partition coefficient (Wildman–Crippen LogP) is 2.14. The number of aryl methyl sites for hydroxylation is 1. The molecule has 0 amide bonds. The van der Waals surface area contributed by atoms with E-state index >= 15 is 0 Å². The first-order valence-electron chi connectivity index (χ1n) is 7.45. The highest BCUT2D eigenvalue weighted by molar-refractivity contribution is 5.79. The zero-order chi connectivity index (χ0) is 15.7. The molecule has 0 aliphatic heterocycles. The van der Waals surface area contributed by atoms with E-state index in [4.69, 9.17) is 0 Å². The van der Waals surface area contributed by atoms with Gasteiger partial charge in [0.1, 0.15) is 5.82 Å². The quantitative estimate of drug-likeness (QED) is 0.460. The van der Waals surface area contributed by atoms with E-state index in [2.05, 4.69) is 34.6 Å². The zero-order valence-corrected chi connectivity index (χ0v) is 13.5. The summed E-state index contributed by atoms with van der Waals surface area (Å²) in [5.41, 5.74) is 1.67. The van der Waals surface area contributed by atoms with Crippen molar-refractivity contribution in [2.45, 2.75) is 26.8 Å². The number of nitrogens with zero attached hydrogens (tertiary/aromatic N) is 2. The van der Waals surface area contributed by atoms with E-state index in [1.807, 2.05) is 13.0 Å². The molecular weight excluding hydrogens is 267 g/mol. The largest absolute Gasteiger partial charge is 0.357 e. The molecule has 0 radical (unpaired) electrons. The van der Waals surface area contributed by atoms with Gasteiger partial charge in [0.15, 0.2) is 5.96 Å². The van der Waals surface area contributed by atoms with Crippen molar-refractivity contribution in [3.8, 4) is 0 Å². The first kappa shape index (κ1) is 17.4. The van der Waals surface area contributed by atoms with Gasteiger partial charge in [-0.25, -0.2) is 9.38 Å². The number of benzene rings is 1. The van der Waals surface area contributed by atoms with Crippen molar-refractivity contribution < 1.29 is 4.39 Å². The fourth-order valence-corrected chi connectivity index (χ4v) is 1.92. The first-order chi connectivity index (χ1) is 10.0. The van der Waals surface area contributed by atoms with Gasteiger partial charge in [-0.15, -0.1) is 0 Å². The monoisotopic (exact) mass is 294 g/mol. The third kappa shape index (κ3) is 7.09. The molecule has 5 heteroatoms. The highest BCUT2D eigenvalue weighted by atomic mass is 19.1. The molecule has 2 N–H and O–H groups in total. The Labute approximate surface area is 127 Å². The Morgan fingerprint density at radius 1 is 1.29 bits per heavy atom. The lowest BCUT2D eigenvalue weighted by molar-refractivity contribution is 0.399. The molecule has 0 unspecified atom stereocenters. The lowest BCUT2D eigenvalue weighted by Crippen LogP contribution is -2.38. The number of hydrogen-bond donors (Lipinski definition) is 2. The Bertz CT molecular complexity index is 458. The molecule has 0 heterocycles. The molecule has 118 valence electrons. The molecule has 0 aliphatic rings. The smallest absolute Gasteiger partial charge is 0.191 e. The number of guanidine groups is 1. The van der Waals surface area contributed by atoms with Gasteiger partial charge in [-0.05, 0) is 58.1 Å². The molecule has 0 saturated heterocycles. The minimum absolute atomic E-state index is 0.170. The number of hydrogen-bond acceptors (Lipinski definition) is 2. The van der Waals surface area contributed by atoms with E-state index in [-0.39, 0.29) is 5.82 Å². The van der Waals surface area contributed by atoms with Crippen LogP contribution in [0.5, 0.6) is 0 Å². The van der Waals surface area contributed by atoms with Crippen LogP contribution in [0.3, 0.4) is 0 Å². The van der Waals surface area contributed by atoms with Crippen molar-refractivity contribution in [2.75, 3.05) is 33.7 Å². The van der Waals surface area contributed by atoms with Crippen LogP contribution in [0.15, 0.2) is 23.2 Å². The summed E-state index contributed by atoms with van der Waals surface area (Å²) in [5, 5.41) is 6.53. The summed E-state index contributed by atoms with van der Waals surface area (Å²) in [4.78, 5) is 6.69. The molecule has 1 rings (SSSR count). The first-order valence-corrected chi connectivity index (χ1v) is 7.45. The van der Waals surface area contributed by atoms with E-state index in [0.29, 0.717) is 12.1 Å².